The number of hydrogen-bond donors (Lipinski definition) is 2. The number of nitrogens with two attached hydrogens (primary N) is 1. The Bertz CT molecular complexity index is 329. The zero-order valence-corrected chi connectivity index (χ0v) is 7.82. The Labute approximate surface area is 81.8 Å². The summed E-state index contributed by atoms with van der Waals surface area (Å²) in [5.41, 5.74) is 6.65. The molecule has 5 heteroatoms. The number of nitrogen functional groups attached to an aromatic ring is 1. The van der Waals surface area contributed by atoms with Crippen LogP contribution in [0.4, 0.5) is 5.69 Å². The smallest absolute Gasteiger partial charge is 0.270 e. The molecule has 1 amide bonds. The Morgan fingerprint density at radius 2 is 2.21 bits per heavy atom. The van der Waals surface area contributed by atoms with Gasteiger partial charge in [-0.2, -0.15) is 0 Å². The van der Waals surface area contributed by atoms with E-state index >= 15 is 0 Å². The minimum absolute atomic E-state index is 0.00926. The summed E-state index contributed by atoms with van der Waals surface area (Å²) in [6, 6.07) is 1.65. The lowest BCUT2D eigenvalue weighted by Crippen LogP contribution is -2.40. The average Bonchev–Trinajstić information content (AvgIpc) is 2.65. The quantitative estimate of drug-likeness (QED) is 0.666. The van der Waals surface area contributed by atoms with Crippen LogP contribution in [0, 0.1) is 0 Å². The second-order valence-electron chi connectivity index (χ2n) is 3.25. The highest BCUT2D eigenvalue weighted by atomic mass is 16.5. The molecule has 3 N–H and O–H groups in total. The number of rotatable bonds is 1. The second-order valence-corrected chi connectivity index (χ2v) is 3.25. The molecule has 1 aromatic rings. The topological polar surface area (TPSA) is 71.4 Å². The average molecular weight is 195 g/mol. The summed E-state index contributed by atoms with van der Waals surface area (Å²) in [7, 11) is 0. The van der Waals surface area contributed by atoms with E-state index in [1.165, 1.54) is 0 Å². The minimum atomic E-state index is -0.00926. The molecule has 0 radical (unpaired) electrons. The summed E-state index contributed by atoms with van der Waals surface area (Å²) in [6.45, 7) is 2.53. The van der Waals surface area contributed by atoms with Crippen LogP contribution in [0.3, 0.4) is 0 Å². The number of carbonyl (C=O) groups excluding carboxylic acids is 1. The first kappa shape index (κ1) is 9.08. The Morgan fingerprint density at radius 3 is 2.79 bits per heavy atom. The fraction of sp³-hybridized carbons (Fsp3) is 0.444. The number of aromatic amines is 1. The van der Waals surface area contributed by atoms with Gasteiger partial charge in [-0.25, -0.2) is 0 Å². The maximum Gasteiger partial charge on any atom is 0.270 e. The van der Waals surface area contributed by atoms with Gasteiger partial charge in [0.15, 0.2) is 0 Å². The van der Waals surface area contributed by atoms with Gasteiger partial charge in [0, 0.05) is 25.0 Å². The van der Waals surface area contributed by atoms with Crippen molar-refractivity contribution in [2.24, 2.45) is 0 Å². The third-order valence-corrected chi connectivity index (χ3v) is 2.23. The Hall–Kier alpha value is -1.49. The van der Waals surface area contributed by atoms with E-state index in [0.29, 0.717) is 37.7 Å². The Kier molecular flexibility index (Phi) is 2.41. The number of nitrogens with one attached hydrogen (secondary N) is 1. The fourth-order valence-corrected chi connectivity index (χ4v) is 1.47. The van der Waals surface area contributed by atoms with Crippen molar-refractivity contribution in [1.29, 1.82) is 0 Å². The number of carbonyl (C=O) groups is 1. The predicted octanol–water partition coefficient (Wildman–Crippen LogP) is 0.0693. The highest BCUT2D eigenvalue weighted by Gasteiger charge is 2.19. The van der Waals surface area contributed by atoms with E-state index in [1.807, 2.05) is 0 Å². The molecule has 1 aliphatic rings. The fourth-order valence-electron chi connectivity index (χ4n) is 1.47. The molecule has 2 rings (SSSR count). The standard InChI is InChI=1S/C9H13N3O2/c10-7-5-8(11-6-7)9(13)12-1-3-14-4-2-12/h5-6,11H,1-4,10H2. The number of amides is 1. The van der Waals surface area contributed by atoms with Crippen LogP contribution in [0.5, 0.6) is 0 Å². The van der Waals surface area contributed by atoms with Crippen LogP contribution in [-0.4, -0.2) is 42.1 Å². The van der Waals surface area contributed by atoms with Gasteiger partial charge in [-0.1, -0.05) is 0 Å². The molecule has 0 atom stereocenters. The first-order valence-corrected chi connectivity index (χ1v) is 4.58. The van der Waals surface area contributed by atoms with Gasteiger partial charge < -0.3 is 20.4 Å². The molecule has 0 saturated carbocycles. The minimum Gasteiger partial charge on any atom is -0.397 e. The summed E-state index contributed by atoms with van der Waals surface area (Å²) in [6.07, 6.45) is 1.62. The number of ether oxygens (including phenoxy) is 1. The van der Waals surface area contributed by atoms with Gasteiger partial charge in [0.2, 0.25) is 0 Å². The second kappa shape index (κ2) is 3.71. The van der Waals surface area contributed by atoms with E-state index in [-0.39, 0.29) is 5.91 Å². The lowest BCUT2D eigenvalue weighted by atomic mass is 10.3. The molecule has 0 aliphatic carbocycles. The molecular formula is C9H13N3O2. The Morgan fingerprint density at radius 1 is 1.50 bits per heavy atom. The van der Waals surface area contributed by atoms with Crippen LogP contribution in [0.25, 0.3) is 0 Å². The van der Waals surface area contributed by atoms with Crippen molar-refractivity contribution in [3.63, 3.8) is 0 Å². The van der Waals surface area contributed by atoms with Gasteiger partial charge in [-0.05, 0) is 6.07 Å². The molecule has 1 saturated heterocycles. The number of hydrogen-bond acceptors (Lipinski definition) is 3. The summed E-state index contributed by atoms with van der Waals surface area (Å²) in [4.78, 5) is 16.4. The lowest BCUT2D eigenvalue weighted by molar-refractivity contribution is 0.0299. The summed E-state index contributed by atoms with van der Waals surface area (Å²) >= 11 is 0. The van der Waals surface area contributed by atoms with E-state index in [1.54, 1.807) is 17.2 Å². The van der Waals surface area contributed by atoms with Crippen LogP contribution in [0.1, 0.15) is 10.5 Å². The molecule has 1 fully saturated rings. The number of H-pyrrole nitrogens is 1. The molecule has 14 heavy (non-hydrogen) atoms. The van der Waals surface area contributed by atoms with Crippen LogP contribution in [-0.2, 0) is 4.74 Å². The summed E-state index contributed by atoms with van der Waals surface area (Å²) in [5, 5.41) is 0. The zero-order chi connectivity index (χ0) is 9.97. The third-order valence-electron chi connectivity index (χ3n) is 2.23. The van der Waals surface area contributed by atoms with E-state index in [4.69, 9.17) is 10.5 Å². The van der Waals surface area contributed by atoms with Crippen molar-refractivity contribution in [1.82, 2.24) is 9.88 Å². The largest absolute Gasteiger partial charge is 0.397 e. The number of aromatic nitrogens is 1. The highest BCUT2D eigenvalue weighted by Crippen LogP contribution is 2.09. The van der Waals surface area contributed by atoms with Gasteiger partial charge in [0.25, 0.3) is 5.91 Å². The van der Waals surface area contributed by atoms with E-state index < -0.39 is 0 Å². The first-order valence-electron chi connectivity index (χ1n) is 4.58. The number of anilines is 1. The van der Waals surface area contributed by atoms with Crippen molar-refractivity contribution in [3.05, 3.63) is 18.0 Å². The molecule has 0 aromatic carbocycles. The van der Waals surface area contributed by atoms with Crippen LogP contribution in [0.2, 0.25) is 0 Å². The molecule has 0 spiro atoms. The molecule has 0 unspecified atom stereocenters. The molecule has 76 valence electrons. The maximum absolute atomic E-state index is 11.8. The normalized spacial score (nSPS) is 17.0. The predicted molar refractivity (Wildman–Crippen MR) is 51.9 cm³/mol. The molecule has 1 aliphatic heterocycles. The van der Waals surface area contributed by atoms with Crippen molar-refractivity contribution < 1.29 is 9.53 Å². The Balaban J connectivity index is 2.07. The monoisotopic (exact) mass is 195 g/mol. The van der Waals surface area contributed by atoms with Gasteiger partial charge in [-0.15, -0.1) is 0 Å². The molecular weight excluding hydrogens is 182 g/mol. The van der Waals surface area contributed by atoms with Crippen LogP contribution in [0.15, 0.2) is 12.3 Å². The van der Waals surface area contributed by atoms with Crippen LogP contribution >= 0.6 is 0 Å². The van der Waals surface area contributed by atoms with Crippen molar-refractivity contribution in [3.8, 4) is 0 Å². The van der Waals surface area contributed by atoms with Crippen molar-refractivity contribution in [2.75, 3.05) is 32.0 Å². The van der Waals surface area contributed by atoms with Crippen LogP contribution < -0.4 is 5.73 Å². The lowest BCUT2D eigenvalue weighted by Gasteiger charge is -2.26. The number of nitrogens with zero attached hydrogens (tertiary/aromatic N) is 1. The van der Waals surface area contributed by atoms with Crippen molar-refractivity contribution >= 4 is 11.6 Å². The first-order chi connectivity index (χ1) is 6.77. The highest BCUT2D eigenvalue weighted by molar-refractivity contribution is 5.93. The number of morpholine rings is 1. The van der Waals surface area contributed by atoms with Gasteiger partial charge in [0.1, 0.15) is 5.69 Å². The third kappa shape index (κ3) is 1.72. The van der Waals surface area contributed by atoms with Gasteiger partial charge in [0.05, 0.1) is 13.2 Å². The molecule has 1 aromatic heterocycles. The van der Waals surface area contributed by atoms with E-state index in [2.05, 4.69) is 4.98 Å². The van der Waals surface area contributed by atoms with Crippen molar-refractivity contribution in [2.45, 2.75) is 0 Å². The van der Waals surface area contributed by atoms with Gasteiger partial charge >= 0.3 is 0 Å². The maximum atomic E-state index is 11.8. The molecule has 0 bridgehead atoms. The SMILES string of the molecule is Nc1c[nH]c(C(=O)N2CCOCC2)c1. The van der Waals surface area contributed by atoms with E-state index in [9.17, 15) is 4.79 Å². The zero-order valence-electron chi connectivity index (χ0n) is 7.82. The molecule has 5 nitrogen and oxygen atoms in total. The summed E-state index contributed by atoms with van der Waals surface area (Å²) in [5.74, 6) is -0.00926. The summed E-state index contributed by atoms with van der Waals surface area (Å²) < 4.78 is 5.16. The van der Waals surface area contributed by atoms with Gasteiger partial charge in [-0.3, -0.25) is 4.79 Å². The molecule has 2 heterocycles. The van der Waals surface area contributed by atoms with E-state index in [0.717, 1.165) is 0 Å².